The number of aromatic nitrogens is 1. The van der Waals surface area contributed by atoms with Gasteiger partial charge in [0.05, 0.1) is 5.92 Å². The van der Waals surface area contributed by atoms with E-state index >= 15 is 0 Å². The zero-order valence-electron chi connectivity index (χ0n) is 9.60. The van der Waals surface area contributed by atoms with E-state index in [4.69, 9.17) is 14.4 Å². The van der Waals surface area contributed by atoms with Crippen LogP contribution in [0.5, 0.6) is 5.88 Å². The number of amides is 1. The second kappa shape index (κ2) is 5.88. The third kappa shape index (κ3) is 4.54. The molecule has 0 bridgehead atoms. The lowest BCUT2D eigenvalue weighted by Gasteiger charge is -2.08. The van der Waals surface area contributed by atoms with Crippen molar-refractivity contribution in [3.05, 3.63) is 11.8 Å². The second-order valence-corrected chi connectivity index (χ2v) is 3.61. The Morgan fingerprint density at radius 2 is 2.35 bits per heavy atom. The number of nitrogens with zero attached hydrogens (tertiary/aromatic N) is 1. The predicted octanol–water partition coefficient (Wildman–Crippen LogP) is 0.199. The van der Waals surface area contributed by atoms with Gasteiger partial charge in [-0.15, -0.1) is 0 Å². The molecule has 1 rings (SSSR count). The molecule has 7 nitrogen and oxygen atoms in total. The fourth-order valence-electron chi connectivity index (χ4n) is 0.956. The second-order valence-electron chi connectivity index (χ2n) is 3.61. The number of carboxylic acids is 1. The van der Waals surface area contributed by atoms with E-state index in [1.165, 1.54) is 6.92 Å². The SMILES string of the molecule is Cc1cc(OCC(=O)NCC(C)C(=O)O)no1. The van der Waals surface area contributed by atoms with Crippen LogP contribution < -0.4 is 10.1 Å². The van der Waals surface area contributed by atoms with Crippen LogP contribution in [0.4, 0.5) is 0 Å². The van der Waals surface area contributed by atoms with E-state index in [2.05, 4.69) is 10.5 Å². The molecule has 0 fully saturated rings. The van der Waals surface area contributed by atoms with Crippen LogP contribution in [0.2, 0.25) is 0 Å². The molecule has 1 heterocycles. The summed E-state index contributed by atoms with van der Waals surface area (Å²) in [5.74, 6) is -1.19. The number of ether oxygens (including phenoxy) is 1. The van der Waals surface area contributed by atoms with E-state index in [1.54, 1.807) is 13.0 Å². The Bertz CT molecular complexity index is 401. The Hall–Kier alpha value is -2.05. The van der Waals surface area contributed by atoms with E-state index in [9.17, 15) is 9.59 Å². The minimum Gasteiger partial charge on any atom is -0.481 e. The Balaban J connectivity index is 2.24. The van der Waals surface area contributed by atoms with Gasteiger partial charge in [0.25, 0.3) is 11.8 Å². The van der Waals surface area contributed by atoms with Crippen molar-refractivity contribution in [2.45, 2.75) is 13.8 Å². The van der Waals surface area contributed by atoms with E-state index in [1.807, 2.05) is 0 Å². The lowest BCUT2D eigenvalue weighted by atomic mass is 10.2. The maximum absolute atomic E-state index is 11.3. The summed E-state index contributed by atoms with van der Waals surface area (Å²) in [6.45, 7) is 3.05. The Kier molecular flexibility index (Phi) is 4.50. The van der Waals surface area contributed by atoms with Gasteiger partial charge in [-0.3, -0.25) is 9.59 Å². The van der Waals surface area contributed by atoms with Crippen LogP contribution in [0.25, 0.3) is 0 Å². The molecule has 7 heteroatoms. The molecule has 0 saturated heterocycles. The monoisotopic (exact) mass is 242 g/mol. The van der Waals surface area contributed by atoms with Gasteiger partial charge in [-0.1, -0.05) is 6.92 Å². The van der Waals surface area contributed by atoms with Crippen molar-refractivity contribution in [2.75, 3.05) is 13.2 Å². The molecule has 1 atom stereocenters. The molecular weight excluding hydrogens is 228 g/mol. The van der Waals surface area contributed by atoms with E-state index in [0.29, 0.717) is 5.76 Å². The van der Waals surface area contributed by atoms with Crippen molar-refractivity contribution >= 4 is 11.9 Å². The van der Waals surface area contributed by atoms with Crippen molar-refractivity contribution in [3.8, 4) is 5.88 Å². The van der Waals surface area contributed by atoms with Gasteiger partial charge in [0, 0.05) is 12.6 Å². The molecule has 0 saturated carbocycles. The first-order chi connectivity index (χ1) is 7.99. The van der Waals surface area contributed by atoms with Crippen LogP contribution in [-0.4, -0.2) is 35.3 Å². The van der Waals surface area contributed by atoms with Crippen LogP contribution in [0.1, 0.15) is 12.7 Å². The van der Waals surface area contributed by atoms with Crippen LogP contribution in [0.3, 0.4) is 0 Å². The van der Waals surface area contributed by atoms with Gasteiger partial charge in [-0.2, -0.15) is 0 Å². The molecule has 1 aromatic rings. The average Bonchev–Trinajstić information content (AvgIpc) is 2.69. The van der Waals surface area contributed by atoms with E-state index in [-0.39, 0.29) is 19.0 Å². The highest BCUT2D eigenvalue weighted by atomic mass is 16.5. The molecule has 0 aliphatic carbocycles. The highest BCUT2D eigenvalue weighted by Gasteiger charge is 2.12. The van der Waals surface area contributed by atoms with Crippen molar-refractivity contribution in [1.82, 2.24) is 10.5 Å². The lowest BCUT2D eigenvalue weighted by molar-refractivity contribution is -0.141. The number of aryl methyl sites for hydroxylation is 1. The van der Waals surface area contributed by atoms with Gasteiger partial charge in [0.2, 0.25) is 0 Å². The molecule has 0 radical (unpaired) electrons. The third-order valence-corrected chi connectivity index (χ3v) is 1.98. The number of carboxylic acid groups (broad SMARTS) is 1. The van der Waals surface area contributed by atoms with Gasteiger partial charge < -0.3 is 19.7 Å². The molecule has 0 spiro atoms. The van der Waals surface area contributed by atoms with Crippen molar-refractivity contribution in [1.29, 1.82) is 0 Å². The summed E-state index contributed by atoms with van der Waals surface area (Å²) in [5, 5.41) is 14.6. The summed E-state index contributed by atoms with van der Waals surface area (Å²) in [6, 6.07) is 1.55. The number of hydrogen-bond donors (Lipinski definition) is 2. The summed E-state index contributed by atoms with van der Waals surface area (Å²) >= 11 is 0. The largest absolute Gasteiger partial charge is 0.481 e. The maximum Gasteiger partial charge on any atom is 0.308 e. The summed E-state index contributed by atoms with van der Waals surface area (Å²) < 4.78 is 9.76. The summed E-state index contributed by atoms with van der Waals surface area (Å²) in [6.07, 6.45) is 0. The molecule has 0 aliphatic heterocycles. The first-order valence-electron chi connectivity index (χ1n) is 5.04. The molecular formula is C10H14N2O5. The summed E-state index contributed by atoms with van der Waals surface area (Å²) in [4.78, 5) is 21.8. The van der Waals surface area contributed by atoms with Crippen LogP contribution >= 0.6 is 0 Å². The van der Waals surface area contributed by atoms with Gasteiger partial charge in [0.1, 0.15) is 5.76 Å². The molecule has 94 valence electrons. The molecule has 1 amide bonds. The van der Waals surface area contributed by atoms with E-state index < -0.39 is 17.8 Å². The summed E-state index contributed by atoms with van der Waals surface area (Å²) in [5.41, 5.74) is 0. The Morgan fingerprint density at radius 1 is 1.65 bits per heavy atom. The normalized spacial score (nSPS) is 11.9. The number of nitrogens with one attached hydrogen (secondary N) is 1. The minimum atomic E-state index is -0.960. The third-order valence-electron chi connectivity index (χ3n) is 1.98. The van der Waals surface area contributed by atoms with Crippen molar-refractivity contribution in [3.63, 3.8) is 0 Å². The predicted molar refractivity (Wildman–Crippen MR) is 56.5 cm³/mol. The fourth-order valence-corrected chi connectivity index (χ4v) is 0.956. The molecule has 0 aromatic carbocycles. The van der Waals surface area contributed by atoms with Gasteiger partial charge in [-0.25, -0.2) is 0 Å². The molecule has 17 heavy (non-hydrogen) atoms. The van der Waals surface area contributed by atoms with Crippen LogP contribution in [-0.2, 0) is 9.59 Å². The number of rotatable bonds is 6. The molecule has 1 unspecified atom stereocenters. The quantitative estimate of drug-likeness (QED) is 0.738. The standard InChI is InChI=1S/C10H14N2O5/c1-6(10(14)15)4-11-8(13)5-16-9-3-7(2)17-12-9/h3,6H,4-5H2,1-2H3,(H,11,13)(H,14,15). The number of carbonyl (C=O) groups excluding carboxylic acids is 1. The molecule has 0 aliphatic rings. The fraction of sp³-hybridized carbons (Fsp3) is 0.500. The average molecular weight is 242 g/mol. The van der Waals surface area contributed by atoms with Gasteiger partial charge >= 0.3 is 5.97 Å². The first-order valence-corrected chi connectivity index (χ1v) is 5.04. The topological polar surface area (TPSA) is 102 Å². The highest BCUT2D eigenvalue weighted by molar-refractivity contribution is 5.78. The summed E-state index contributed by atoms with van der Waals surface area (Å²) in [7, 11) is 0. The zero-order valence-corrected chi connectivity index (χ0v) is 9.60. The highest BCUT2D eigenvalue weighted by Crippen LogP contribution is 2.09. The molecule has 2 N–H and O–H groups in total. The zero-order chi connectivity index (χ0) is 12.8. The van der Waals surface area contributed by atoms with Crippen LogP contribution in [0.15, 0.2) is 10.6 Å². The number of carbonyl (C=O) groups is 2. The number of aliphatic carboxylic acids is 1. The smallest absolute Gasteiger partial charge is 0.308 e. The van der Waals surface area contributed by atoms with E-state index in [0.717, 1.165) is 0 Å². The van der Waals surface area contributed by atoms with Crippen molar-refractivity contribution < 1.29 is 24.0 Å². The Morgan fingerprint density at radius 3 is 2.88 bits per heavy atom. The van der Waals surface area contributed by atoms with Gasteiger partial charge in [0.15, 0.2) is 6.61 Å². The minimum absolute atomic E-state index is 0.0649. The maximum atomic E-state index is 11.3. The molecule has 1 aromatic heterocycles. The number of hydrogen-bond acceptors (Lipinski definition) is 5. The van der Waals surface area contributed by atoms with Crippen LogP contribution in [0, 0.1) is 12.8 Å². The Labute approximate surface area is 97.7 Å². The lowest BCUT2D eigenvalue weighted by Crippen LogP contribution is -2.34. The van der Waals surface area contributed by atoms with Crippen molar-refractivity contribution in [2.24, 2.45) is 5.92 Å². The first kappa shape index (κ1) is 13.0. The van der Waals surface area contributed by atoms with Gasteiger partial charge in [-0.05, 0) is 12.1 Å².